The van der Waals surface area contributed by atoms with Crippen molar-refractivity contribution in [2.75, 3.05) is 19.1 Å². The summed E-state index contributed by atoms with van der Waals surface area (Å²) in [6.07, 6.45) is 1.03. The van der Waals surface area contributed by atoms with Gasteiger partial charge in [0.25, 0.3) is 0 Å². The number of sulfone groups is 1. The lowest BCUT2D eigenvalue weighted by Crippen LogP contribution is -2.15. The fourth-order valence-electron chi connectivity index (χ4n) is 1.34. The smallest absolute Gasteiger partial charge is 0.181 e. The first kappa shape index (κ1) is 12.7. The Balaban J connectivity index is 3.09. The summed E-state index contributed by atoms with van der Waals surface area (Å²) in [5.74, 6) is -0.528. The van der Waals surface area contributed by atoms with E-state index < -0.39 is 21.4 Å². The van der Waals surface area contributed by atoms with Crippen molar-refractivity contribution in [3.05, 3.63) is 29.3 Å². The van der Waals surface area contributed by atoms with Crippen LogP contribution in [0.15, 0.2) is 18.2 Å². The van der Waals surface area contributed by atoms with Crippen LogP contribution in [0.5, 0.6) is 5.75 Å². The van der Waals surface area contributed by atoms with Crippen molar-refractivity contribution < 1.29 is 17.9 Å². The first-order chi connectivity index (χ1) is 7.33. The van der Waals surface area contributed by atoms with Crippen LogP contribution in [-0.4, -0.2) is 33.3 Å². The molecule has 0 radical (unpaired) electrons. The van der Waals surface area contributed by atoms with Crippen molar-refractivity contribution in [3.63, 3.8) is 0 Å². The minimum atomic E-state index is -3.31. The van der Waals surface area contributed by atoms with Crippen LogP contribution in [0, 0.1) is 6.92 Å². The van der Waals surface area contributed by atoms with E-state index in [1.165, 1.54) is 7.11 Å². The first-order valence-corrected chi connectivity index (χ1v) is 6.75. The van der Waals surface area contributed by atoms with Crippen molar-refractivity contribution in [1.82, 2.24) is 0 Å². The molecule has 88 valence electrons. The van der Waals surface area contributed by atoms with Gasteiger partial charge in [0.2, 0.25) is 0 Å². The minimum absolute atomic E-state index is 0.304. The molecule has 1 rings (SSSR count). The van der Waals surface area contributed by atoms with Crippen molar-refractivity contribution in [2.45, 2.75) is 6.92 Å². The molecule has 0 N–H and O–H groups in total. The number of ether oxygens (including phenoxy) is 1. The Morgan fingerprint density at radius 2 is 2.00 bits per heavy atom. The Morgan fingerprint density at radius 1 is 1.38 bits per heavy atom. The van der Waals surface area contributed by atoms with Gasteiger partial charge in [-0.25, -0.2) is 8.42 Å². The number of ketones is 1. The van der Waals surface area contributed by atoms with Crippen LogP contribution in [0.2, 0.25) is 0 Å². The second-order valence-electron chi connectivity index (χ2n) is 3.70. The molecule has 1 aromatic carbocycles. The predicted molar refractivity (Wildman–Crippen MR) is 61.8 cm³/mol. The Kier molecular flexibility index (Phi) is 3.70. The second-order valence-corrected chi connectivity index (χ2v) is 5.84. The highest BCUT2D eigenvalue weighted by atomic mass is 32.2. The largest absolute Gasteiger partial charge is 0.496 e. The molecule has 0 spiro atoms. The maximum atomic E-state index is 11.7. The fourth-order valence-corrected chi connectivity index (χ4v) is 1.98. The topological polar surface area (TPSA) is 60.4 Å². The number of rotatable bonds is 4. The summed E-state index contributed by atoms with van der Waals surface area (Å²) < 4.78 is 27.1. The summed E-state index contributed by atoms with van der Waals surface area (Å²) in [5, 5.41) is 0. The first-order valence-electron chi connectivity index (χ1n) is 4.69. The Labute approximate surface area is 95.2 Å². The molecule has 0 amide bonds. The van der Waals surface area contributed by atoms with E-state index in [9.17, 15) is 13.2 Å². The average molecular weight is 242 g/mol. The van der Waals surface area contributed by atoms with Crippen LogP contribution in [-0.2, 0) is 9.84 Å². The molecule has 0 heterocycles. The zero-order chi connectivity index (χ0) is 12.3. The van der Waals surface area contributed by atoms with E-state index in [4.69, 9.17) is 4.74 Å². The molecule has 0 bridgehead atoms. The maximum Gasteiger partial charge on any atom is 0.181 e. The van der Waals surface area contributed by atoms with E-state index in [1.807, 2.05) is 6.92 Å². The van der Waals surface area contributed by atoms with Crippen LogP contribution in [0.25, 0.3) is 0 Å². The van der Waals surface area contributed by atoms with E-state index in [2.05, 4.69) is 0 Å². The monoisotopic (exact) mass is 242 g/mol. The molecule has 0 aliphatic carbocycles. The van der Waals surface area contributed by atoms with Gasteiger partial charge in [-0.1, -0.05) is 6.07 Å². The normalized spacial score (nSPS) is 11.2. The van der Waals surface area contributed by atoms with Gasteiger partial charge >= 0.3 is 0 Å². The molecule has 0 aliphatic rings. The Bertz CT molecular complexity index is 503. The van der Waals surface area contributed by atoms with Crippen LogP contribution >= 0.6 is 0 Å². The average Bonchev–Trinajstić information content (AvgIpc) is 2.14. The summed E-state index contributed by atoms with van der Waals surface area (Å²) >= 11 is 0. The summed E-state index contributed by atoms with van der Waals surface area (Å²) in [6, 6.07) is 5.04. The fraction of sp³-hybridized carbons (Fsp3) is 0.364. The number of carbonyl (C=O) groups excluding carboxylic acids is 1. The highest BCUT2D eigenvalue weighted by molar-refractivity contribution is 7.91. The summed E-state index contributed by atoms with van der Waals surface area (Å²) in [4.78, 5) is 11.7. The third-order valence-corrected chi connectivity index (χ3v) is 2.84. The molecule has 0 fully saturated rings. The lowest BCUT2D eigenvalue weighted by Gasteiger charge is -2.07. The predicted octanol–water partition coefficient (Wildman–Crippen LogP) is 1.23. The molecule has 0 atom stereocenters. The van der Waals surface area contributed by atoms with E-state index in [-0.39, 0.29) is 0 Å². The molecule has 4 nitrogen and oxygen atoms in total. The zero-order valence-corrected chi connectivity index (χ0v) is 10.3. The molecule has 0 aliphatic heterocycles. The second kappa shape index (κ2) is 4.65. The third-order valence-electron chi connectivity index (χ3n) is 2.05. The summed E-state index contributed by atoms with van der Waals surface area (Å²) in [5.41, 5.74) is 1.26. The van der Waals surface area contributed by atoms with Gasteiger partial charge in [0.05, 0.1) is 12.7 Å². The maximum absolute atomic E-state index is 11.7. The van der Waals surface area contributed by atoms with Gasteiger partial charge in [-0.3, -0.25) is 4.79 Å². The van der Waals surface area contributed by atoms with Crippen molar-refractivity contribution in [3.8, 4) is 5.75 Å². The van der Waals surface area contributed by atoms with Crippen molar-refractivity contribution in [2.24, 2.45) is 0 Å². The highest BCUT2D eigenvalue weighted by Crippen LogP contribution is 2.20. The van der Waals surface area contributed by atoms with Gasteiger partial charge < -0.3 is 4.74 Å². The molecule has 1 aromatic rings. The number of hydrogen-bond acceptors (Lipinski definition) is 4. The third kappa shape index (κ3) is 3.34. The van der Waals surface area contributed by atoms with Gasteiger partial charge in [-0.15, -0.1) is 0 Å². The number of hydrogen-bond donors (Lipinski definition) is 0. The molecule has 5 heteroatoms. The van der Waals surface area contributed by atoms with Crippen LogP contribution < -0.4 is 4.74 Å². The molecule has 0 unspecified atom stereocenters. The molecular formula is C11H14O4S. The van der Waals surface area contributed by atoms with E-state index >= 15 is 0 Å². The quantitative estimate of drug-likeness (QED) is 0.745. The minimum Gasteiger partial charge on any atom is -0.496 e. The number of carbonyl (C=O) groups is 1. The Hall–Kier alpha value is -1.36. The van der Waals surface area contributed by atoms with E-state index in [1.54, 1.807) is 18.2 Å². The van der Waals surface area contributed by atoms with Crippen LogP contribution in [0.1, 0.15) is 15.9 Å². The molecular weight excluding hydrogens is 228 g/mol. The van der Waals surface area contributed by atoms with Gasteiger partial charge in [0, 0.05) is 6.26 Å². The molecule has 0 saturated heterocycles. The van der Waals surface area contributed by atoms with Crippen LogP contribution in [0.4, 0.5) is 0 Å². The highest BCUT2D eigenvalue weighted by Gasteiger charge is 2.17. The standard InChI is InChI=1S/C11H14O4S/c1-8-4-5-9(11(6-8)15-2)10(12)7-16(3,13)14/h4-6H,7H2,1-3H3. The van der Waals surface area contributed by atoms with Crippen LogP contribution in [0.3, 0.4) is 0 Å². The number of Topliss-reactive ketones (excluding diaryl/α,β-unsaturated/α-hetero) is 1. The summed E-state index contributed by atoms with van der Waals surface area (Å²) in [7, 11) is -1.86. The van der Waals surface area contributed by atoms with E-state index in [0.717, 1.165) is 11.8 Å². The van der Waals surface area contributed by atoms with Gasteiger partial charge in [-0.2, -0.15) is 0 Å². The summed E-state index contributed by atoms with van der Waals surface area (Å²) in [6.45, 7) is 1.87. The van der Waals surface area contributed by atoms with Gasteiger partial charge in [0.15, 0.2) is 15.6 Å². The lowest BCUT2D eigenvalue weighted by molar-refractivity contribution is 0.101. The van der Waals surface area contributed by atoms with Gasteiger partial charge in [0.1, 0.15) is 11.5 Å². The lowest BCUT2D eigenvalue weighted by atomic mass is 10.1. The van der Waals surface area contributed by atoms with Crippen molar-refractivity contribution >= 4 is 15.6 Å². The van der Waals surface area contributed by atoms with E-state index in [0.29, 0.717) is 11.3 Å². The molecule has 0 aromatic heterocycles. The number of aryl methyl sites for hydroxylation is 1. The SMILES string of the molecule is COc1cc(C)ccc1C(=O)CS(C)(=O)=O. The van der Waals surface area contributed by atoms with Gasteiger partial charge in [-0.05, 0) is 24.6 Å². The number of methoxy groups -OCH3 is 1. The van der Waals surface area contributed by atoms with Crippen molar-refractivity contribution in [1.29, 1.82) is 0 Å². The molecule has 16 heavy (non-hydrogen) atoms. The molecule has 0 saturated carbocycles. The Morgan fingerprint density at radius 3 is 2.50 bits per heavy atom. The zero-order valence-electron chi connectivity index (χ0n) is 9.48. The number of benzene rings is 1.